The number of aromatic nitrogens is 2. The van der Waals surface area contributed by atoms with Gasteiger partial charge in [-0.25, -0.2) is 13.1 Å². The van der Waals surface area contributed by atoms with Crippen LogP contribution in [0.2, 0.25) is 0 Å². The molecule has 0 bridgehead atoms. The van der Waals surface area contributed by atoms with E-state index in [1.165, 1.54) is 30.5 Å². The standard InChI is InChI=1S/C15H20N4O3S2/c1-3-14-18-19-15(23-14)10-17-13(20)9-6-11-4-7-12(8-5-11)24(21,22)16-2/h4-5,7-8,16H,3,6,9-10H2,1-2H3,(H,17,20). The molecule has 0 saturated carbocycles. The van der Waals surface area contributed by atoms with E-state index in [0.29, 0.717) is 19.4 Å². The van der Waals surface area contributed by atoms with Gasteiger partial charge in [0.2, 0.25) is 15.9 Å². The molecule has 0 radical (unpaired) electrons. The molecule has 7 nitrogen and oxygen atoms in total. The maximum Gasteiger partial charge on any atom is 0.240 e. The van der Waals surface area contributed by atoms with Crippen LogP contribution in [-0.4, -0.2) is 31.6 Å². The topological polar surface area (TPSA) is 101 Å². The van der Waals surface area contributed by atoms with Crippen LogP contribution in [0.1, 0.15) is 28.9 Å². The molecule has 1 amide bonds. The Balaban J connectivity index is 1.81. The van der Waals surface area contributed by atoms with Crippen molar-refractivity contribution in [3.05, 3.63) is 39.8 Å². The first-order valence-electron chi connectivity index (χ1n) is 7.55. The fourth-order valence-electron chi connectivity index (χ4n) is 1.98. The normalized spacial score (nSPS) is 11.4. The highest BCUT2D eigenvalue weighted by molar-refractivity contribution is 7.89. The Labute approximate surface area is 145 Å². The Hall–Kier alpha value is -1.84. The predicted octanol–water partition coefficient (Wildman–Crippen LogP) is 1.26. The van der Waals surface area contributed by atoms with Crippen LogP contribution in [0.5, 0.6) is 0 Å². The summed E-state index contributed by atoms with van der Waals surface area (Å²) in [5.74, 6) is -0.0739. The largest absolute Gasteiger partial charge is 0.350 e. The molecule has 0 saturated heterocycles. The van der Waals surface area contributed by atoms with Crippen LogP contribution in [0.4, 0.5) is 0 Å². The van der Waals surface area contributed by atoms with Crippen LogP contribution in [0.15, 0.2) is 29.2 Å². The Bertz CT molecular complexity index is 785. The Morgan fingerprint density at radius 3 is 2.42 bits per heavy atom. The lowest BCUT2D eigenvalue weighted by atomic mass is 10.1. The summed E-state index contributed by atoms with van der Waals surface area (Å²) in [5.41, 5.74) is 0.907. The molecule has 0 aliphatic heterocycles. The highest BCUT2D eigenvalue weighted by Crippen LogP contribution is 2.12. The van der Waals surface area contributed by atoms with Crippen molar-refractivity contribution in [1.29, 1.82) is 0 Å². The van der Waals surface area contributed by atoms with Crippen molar-refractivity contribution in [3.8, 4) is 0 Å². The summed E-state index contributed by atoms with van der Waals surface area (Å²) in [7, 11) is -2.06. The predicted molar refractivity (Wildman–Crippen MR) is 92.1 cm³/mol. The van der Waals surface area contributed by atoms with E-state index >= 15 is 0 Å². The zero-order valence-corrected chi connectivity index (χ0v) is 15.2. The van der Waals surface area contributed by atoms with E-state index in [1.807, 2.05) is 6.92 Å². The van der Waals surface area contributed by atoms with Crippen LogP contribution >= 0.6 is 11.3 Å². The minimum Gasteiger partial charge on any atom is -0.350 e. The molecule has 1 aromatic heterocycles. The summed E-state index contributed by atoms with van der Waals surface area (Å²) in [6, 6.07) is 6.50. The van der Waals surface area contributed by atoms with Crippen molar-refractivity contribution in [2.45, 2.75) is 37.6 Å². The van der Waals surface area contributed by atoms with E-state index in [2.05, 4.69) is 20.2 Å². The number of carbonyl (C=O) groups is 1. The van der Waals surface area contributed by atoms with Crippen molar-refractivity contribution >= 4 is 27.3 Å². The minimum atomic E-state index is -3.43. The van der Waals surface area contributed by atoms with Crippen LogP contribution in [-0.2, 0) is 34.2 Å². The lowest BCUT2D eigenvalue weighted by Gasteiger charge is -2.05. The van der Waals surface area contributed by atoms with E-state index in [0.717, 1.165) is 22.0 Å². The molecule has 1 heterocycles. The van der Waals surface area contributed by atoms with E-state index < -0.39 is 10.0 Å². The molecule has 0 aliphatic carbocycles. The van der Waals surface area contributed by atoms with Crippen LogP contribution in [0.3, 0.4) is 0 Å². The minimum absolute atomic E-state index is 0.0739. The van der Waals surface area contributed by atoms with Crippen molar-refractivity contribution in [1.82, 2.24) is 20.2 Å². The summed E-state index contributed by atoms with van der Waals surface area (Å²) in [5, 5.41) is 12.6. The van der Waals surface area contributed by atoms with Gasteiger partial charge in [-0.15, -0.1) is 10.2 Å². The number of hydrogen-bond acceptors (Lipinski definition) is 6. The zero-order chi connectivity index (χ0) is 17.6. The number of aryl methyl sites for hydroxylation is 2. The first-order chi connectivity index (χ1) is 11.4. The van der Waals surface area contributed by atoms with Crippen molar-refractivity contribution in [2.24, 2.45) is 0 Å². The monoisotopic (exact) mass is 368 g/mol. The third kappa shape index (κ3) is 5.08. The molecule has 1 aromatic carbocycles. The quantitative estimate of drug-likeness (QED) is 0.730. The molecule has 0 fully saturated rings. The van der Waals surface area contributed by atoms with E-state index in [9.17, 15) is 13.2 Å². The fourth-order valence-corrected chi connectivity index (χ4v) is 3.43. The van der Waals surface area contributed by atoms with E-state index in [4.69, 9.17) is 0 Å². The Morgan fingerprint density at radius 2 is 1.83 bits per heavy atom. The van der Waals surface area contributed by atoms with Gasteiger partial charge in [-0.3, -0.25) is 4.79 Å². The van der Waals surface area contributed by atoms with Gasteiger partial charge in [0, 0.05) is 6.42 Å². The van der Waals surface area contributed by atoms with Gasteiger partial charge in [-0.2, -0.15) is 0 Å². The third-order valence-corrected chi connectivity index (χ3v) is 5.89. The van der Waals surface area contributed by atoms with E-state index in [1.54, 1.807) is 12.1 Å². The SMILES string of the molecule is CCc1nnc(CNC(=O)CCc2ccc(S(=O)(=O)NC)cc2)s1. The number of sulfonamides is 1. The summed E-state index contributed by atoms with van der Waals surface area (Å²) < 4.78 is 25.5. The third-order valence-electron chi connectivity index (χ3n) is 3.39. The van der Waals surface area contributed by atoms with Crippen LogP contribution < -0.4 is 10.0 Å². The molecule has 24 heavy (non-hydrogen) atoms. The lowest BCUT2D eigenvalue weighted by Crippen LogP contribution is -2.23. The zero-order valence-electron chi connectivity index (χ0n) is 13.6. The highest BCUT2D eigenvalue weighted by atomic mass is 32.2. The second kappa shape index (κ2) is 8.32. The van der Waals surface area contributed by atoms with E-state index in [-0.39, 0.29) is 10.8 Å². The number of carbonyl (C=O) groups excluding carboxylic acids is 1. The number of rotatable bonds is 8. The smallest absolute Gasteiger partial charge is 0.240 e. The molecule has 2 rings (SSSR count). The summed E-state index contributed by atoms with van der Waals surface area (Å²) in [6.45, 7) is 2.39. The number of amides is 1. The van der Waals surface area contributed by atoms with Gasteiger partial charge >= 0.3 is 0 Å². The number of hydrogen-bond donors (Lipinski definition) is 2. The highest BCUT2D eigenvalue weighted by Gasteiger charge is 2.11. The molecule has 2 N–H and O–H groups in total. The first-order valence-corrected chi connectivity index (χ1v) is 9.85. The molecule has 2 aromatic rings. The van der Waals surface area contributed by atoms with Gasteiger partial charge in [0.25, 0.3) is 0 Å². The molecule has 0 spiro atoms. The Kier molecular flexibility index (Phi) is 6.41. The Morgan fingerprint density at radius 1 is 1.17 bits per heavy atom. The van der Waals surface area contributed by atoms with Gasteiger partial charge < -0.3 is 5.32 Å². The second-order valence-corrected chi connectivity index (χ2v) is 8.10. The molecule has 9 heteroatoms. The molecule has 130 valence electrons. The van der Waals surface area contributed by atoms with Crippen LogP contribution in [0.25, 0.3) is 0 Å². The van der Waals surface area contributed by atoms with Crippen molar-refractivity contribution in [2.75, 3.05) is 7.05 Å². The molecule has 0 atom stereocenters. The average molecular weight is 368 g/mol. The average Bonchev–Trinajstić information content (AvgIpc) is 3.06. The number of benzene rings is 1. The summed E-state index contributed by atoms with van der Waals surface area (Å²) in [4.78, 5) is 12.1. The second-order valence-electron chi connectivity index (χ2n) is 5.07. The van der Waals surface area contributed by atoms with Crippen molar-refractivity contribution in [3.63, 3.8) is 0 Å². The molecule has 0 unspecified atom stereocenters. The van der Waals surface area contributed by atoms with Gasteiger partial charge in [-0.1, -0.05) is 30.4 Å². The molecular weight excluding hydrogens is 348 g/mol. The van der Waals surface area contributed by atoms with Crippen molar-refractivity contribution < 1.29 is 13.2 Å². The van der Waals surface area contributed by atoms with Gasteiger partial charge in [0.05, 0.1) is 11.4 Å². The summed E-state index contributed by atoms with van der Waals surface area (Å²) >= 11 is 1.50. The lowest BCUT2D eigenvalue weighted by molar-refractivity contribution is -0.121. The first kappa shape index (κ1) is 18.5. The maximum absolute atomic E-state index is 11.9. The number of nitrogens with one attached hydrogen (secondary N) is 2. The molecular formula is C15H20N4O3S2. The number of nitrogens with zero attached hydrogens (tertiary/aromatic N) is 2. The van der Waals surface area contributed by atoms with Gasteiger partial charge in [0.1, 0.15) is 10.0 Å². The summed E-state index contributed by atoms with van der Waals surface area (Å²) in [6.07, 6.45) is 1.71. The molecule has 0 aliphatic rings. The van der Waals surface area contributed by atoms with Gasteiger partial charge in [0.15, 0.2) is 0 Å². The van der Waals surface area contributed by atoms with Crippen LogP contribution in [0, 0.1) is 0 Å². The van der Waals surface area contributed by atoms with Gasteiger partial charge in [-0.05, 0) is 37.6 Å². The maximum atomic E-state index is 11.9. The fraction of sp³-hybridized carbons (Fsp3) is 0.400.